The number of anilines is 4. The van der Waals surface area contributed by atoms with Crippen molar-refractivity contribution >= 4 is 38.7 Å². The van der Waals surface area contributed by atoms with E-state index in [1.807, 2.05) is 12.1 Å². The second-order valence-electron chi connectivity index (χ2n) is 6.18. The van der Waals surface area contributed by atoms with Crippen LogP contribution < -0.4 is 15.4 Å². The number of fused-ring (bicyclic) bond motifs is 2. The Morgan fingerprint density at radius 1 is 1.08 bits per heavy atom. The molecule has 0 radical (unpaired) electrons. The van der Waals surface area contributed by atoms with E-state index in [2.05, 4.69) is 5.32 Å². The van der Waals surface area contributed by atoms with Gasteiger partial charge in [0.15, 0.2) is 0 Å². The highest BCUT2D eigenvalue weighted by Crippen LogP contribution is 2.40. The van der Waals surface area contributed by atoms with Crippen LogP contribution in [0, 0.1) is 0 Å². The lowest BCUT2D eigenvalue weighted by molar-refractivity contribution is -0.137. The molecule has 0 aromatic heterocycles. The van der Waals surface area contributed by atoms with E-state index >= 15 is 0 Å². The number of benzene rings is 2. The molecule has 0 atom stereocenters. The molecule has 3 rings (SSSR count). The van der Waals surface area contributed by atoms with Crippen molar-refractivity contribution in [3.05, 3.63) is 42.5 Å². The summed E-state index contributed by atoms with van der Waals surface area (Å²) < 4.78 is 27.9. The Balaban J connectivity index is 1.94. The lowest BCUT2D eigenvalue weighted by atomic mass is 10.2. The fourth-order valence-electron chi connectivity index (χ4n) is 2.99. The summed E-state index contributed by atoms with van der Waals surface area (Å²) in [6.07, 6.45) is 1.81. The molecule has 2 aromatic rings. The molecule has 4 N–H and O–H groups in total. The van der Waals surface area contributed by atoms with Crippen LogP contribution in [-0.2, 0) is 14.8 Å². The van der Waals surface area contributed by atoms with E-state index < -0.39 is 16.0 Å². The summed E-state index contributed by atoms with van der Waals surface area (Å²) in [5, 5.41) is 11.9. The van der Waals surface area contributed by atoms with Gasteiger partial charge in [0.2, 0.25) is 0 Å². The van der Waals surface area contributed by atoms with Gasteiger partial charge in [0.25, 0.3) is 10.0 Å². The second-order valence-corrected chi connectivity index (χ2v) is 8.01. The van der Waals surface area contributed by atoms with Gasteiger partial charge in [-0.25, -0.2) is 8.42 Å². The molecule has 138 valence electrons. The third-order valence-electron chi connectivity index (χ3n) is 4.27. The van der Waals surface area contributed by atoms with Gasteiger partial charge in [-0.05, 0) is 43.2 Å². The third-order valence-corrected chi connectivity index (χ3v) is 6.12. The monoisotopic (exact) mass is 375 g/mol. The van der Waals surface area contributed by atoms with E-state index in [9.17, 15) is 13.2 Å². The Labute approximate surface area is 152 Å². The molecule has 7 nitrogen and oxygen atoms in total. The Morgan fingerprint density at radius 3 is 2.62 bits per heavy atom. The average Bonchev–Trinajstić information content (AvgIpc) is 2.68. The van der Waals surface area contributed by atoms with E-state index in [0.29, 0.717) is 42.0 Å². The lowest BCUT2D eigenvalue weighted by Gasteiger charge is -2.24. The molecule has 1 aliphatic heterocycles. The smallest absolute Gasteiger partial charge is 0.303 e. The number of nitrogens with two attached hydrogens (primary N) is 1. The van der Waals surface area contributed by atoms with Gasteiger partial charge in [-0.15, -0.1) is 0 Å². The first-order chi connectivity index (χ1) is 12.4. The van der Waals surface area contributed by atoms with Crippen molar-refractivity contribution in [3.63, 3.8) is 0 Å². The summed E-state index contributed by atoms with van der Waals surface area (Å²) in [4.78, 5) is 10.8. The molecule has 0 aliphatic carbocycles. The number of rotatable bonds is 6. The lowest BCUT2D eigenvalue weighted by Crippen LogP contribution is -2.31. The van der Waals surface area contributed by atoms with Crippen molar-refractivity contribution in [2.75, 3.05) is 21.9 Å². The zero-order chi connectivity index (χ0) is 18.7. The first-order valence-electron chi connectivity index (χ1n) is 8.40. The van der Waals surface area contributed by atoms with Crippen molar-refractivity contribution in [2.45, 2.75) is 30.6 Å². The van der Waals surface area contributed by atoms with Crippen LogP contribution in [0.15, 0.2) is 47.4 Å². The van der Waals surface area contributed by atoms with Crippen LogP contribution in [-0.4, -0.2) is 26.0 Å². The first-order valence-corrected chi connectivity index (χ1v) is 9.84. The van der Waals surface area contributed by atoms with E-state index in [4.69, 9.17) is 10.8 Å². The van der Waals surface area contributed by atoms with Crippen LogP contribution in [0.1, 0.15) is 25.7 Å². The van der Waals surface area contributed by atoms with Gasteiger partial charge in [-0.3, -0.25) is 9.10 Å². The van der Waals surface area contributed by atoms with Gasteiger partial charge in [-0.1, -0.05) is 18.6 Å². The van der Waals surface area contributed by atoms with Crippen molar-refractivity contribution in [3.8, 4) is 0 Å². The predicted molar refractivity (Wildman–Crippen MR) is 101 cm³/mol. The summed E-state index contributed by atoms with van der Waals surface area (Å²) in [5.41, 5.74) is 7.94. The standard InChI is InChI=1S/C18H21N3O4S/c19-13-9-10-15-17(12-13)26(24,25)21(11-5-1-2-8-18(22)23)16-7-4-3-6-14(16)20-15/h3-4,6-7,9-10,12,20H,1-2,5,8,11,19H2,(H,22,23). The van der Waals surface area contributed by atoms with Gasteiger partial charge < -0.3 is 16.2 Å². The van der Waals surface area contributed by atoms with Gasteiger partial charge in [-0.2, -0.15) is 0 Å². The molecule has 0 spiro atoms. The molecule has 0 amide bonds. The largest absolute Gasteiger partial charge is 0.481 e. The molecular formula is C18H21N3O4S. The summed E-state index contributed by atoms with van der Waals surface area (Å²) in [5.74, 6) is -0.841. The number of para-hydroxylation sites is 2. The zero-order valence-electron chi connectivity index (χ0n) is 14.2. The number of hydrogen-bond acceptors (Lipinski definition) is 5. The minimum atomic E-state index is -3.78. The number of aliphatic carboxylic acids is 1. The van der Waals surface area contributed by atoms with E-state index in [0.717, 1.165) is 0 Å². The number of carboxylic acids is 1. The minimum Gasteiger partial charge on any atom is -0.481 e. The van der Waals surface area contributed by atoms with Crippen molar-refractivity contribution in [1.29, 1.82) is 0 Å². The summed E-state index contributed by atoms with van der Waals surface area (Å²) in [7, 11) is -3.78. The van der Waals surface area contributed by atoms with Gasteiger partial charge in [0.05, 0.1) is 17.1 Å². The molecule has 0 bridgehead atoms. The van der Waals surface area contributed by atoms with Crippen molar-refractivity contribution < 1.29 is 18.3 Å². The van der Waals surface area contributed by atoms with Crippen molar-refractivity contribution in [1.82, 2.24) is 0 Å². The molecule has 0 saturated carbocycles. The maximum absolute atomic E-state index is 13.2. The molecule has 0 fully saturated rings. The number of nitrogens with one attached hydrogen (secondary N) is 1. The quantitative estimate of drug-likeness (QED) is 0.528. The van der Waals surface area contributed by atoms with E-state index in [-0.39, 0.29) is 17.9 Å². The number of nitrogen functional groups attached to an aromatic ring is 1. The van der Waals surface area contributed by atoms with Crippen LogP contribution in [0.25, 0.3) is 0 Å². The summed E-state index contributed by atoms with van der Waals surface area (Å²) in [6, 6.07) is 12.0. The topological polar surface area (TPSA) is 113 Å². The number of carboxylic acid groups (broad SMARTS) is 1. The Bertz CT molecular complexity index is 928. The Kier molecular flexibility index (Phi) is 5.03. The van der Waals surface area contributed by atoms with E-state index in [1.54, 1.807) is 24.3 Å². The molecule has 0 unspecified atom stereocenters. The number of carbonyl (C=O) groups is 1. The molecule has 1 heterocycles. The maximum atomic E-state index is 13.2. The predicted octanol–water partition coefficient (Wildman–Crippen LogP) is 3.17. The first kappa shape index (κ1) is 18.1. The SMILES string of the molecule is Nc1ccc2c(c1)S(=O)(=O)N(CCCCCC(=O)O)c1ccccc1N2. The fraction of sp³-hybridized carbons (Fsp3) is 0.278. The number of nitrogens with zero attached hydrogens (tertiary/aromatic N) is 1. The van der Waals surface area contributed by atoms with Gasteiger partial charge in [0, 0.05) is 18.7 Å². The number of hydrogen-bond donors (Lipinski definition) is 3. The zero-order valence-corrected chi connectivity index (χ0v) is 15.0. The normalized spacial score (nSPS) is 14.7. The maximum Gasteiger partial charge on any atom is 0.303 e. The van der Waals surface area contributed by atoms with E-state index in [1.165, 1.54) is 10.4 Å². The van der Waals surface area contributed by atoms with Gasteiger partial charge >= 0.3 is 5.97 Å². The summed E-state index contributed by atoms with van der Waals surface area (Å²) in [6.45, 7) is 0.273. The van der Waals surface area contributed by atoms with Crippen LogP contribution in [0.2, 0.25) is 0 Å². The molecule has 26 heavy (non-hydrogen) atoms. The Hall–Kier alpha value is -2.74. The van der Waals surface area contributed by atoms with Crippen LogP contribution in [0.5, 0.6) is 0 Å². The number of unbranched alkanes of at least 4 members (excludes halogenated alkanes) is 2. The van der Waals surface area contributed by atoms with Crippen LogP contribution >= 0.6 is 0 Å². The highest BCUT2D eigenvalue weighted by molar-refractivity contribution is 7.93. The summed E-state index contributed by atoms with van der Waals surface area (Å²) >= 11 is 0. The number of sulfonamides is 1. The highest BCUT2D eigenvalue weighted by atomic mass is 32.2. The van der Waals surface area contributed by atoms with Crippen LogP contribution in [0.4, 0.5) is 22.7 Å². The molecular weight excluding hydrogens is 354 g/mol. The molecule has 1 aliphatic rings. The highest BCUT2D eigenvalue weighted by Gasteiger charge is 2.32. The molecule has 0 saturated heterocycles. The van der Waals surface area contributed by atoms with Crippen molar-refractivity contribution in [2.24, 2.45) is 0 Å². The Morgan fingerprint density at radius 2 is 1.85 bits per heavy atom. The minimum absolute atomic E-state index is 0.0876. The second kappa shape index (κ2) is 7.25. The van der Waals surface area contributed by atoms with Crippen LogP contribution in [0.3, 0.4) is 0 Å². The molecule has 2 aromatic carbocycles. The van der Waals surface area contributed by atoms with Gasteiger partial charge in [0.1, 0.15) is 4.90 Å². The average molecular weight is 375 g/mol. The third kappa shape index (κ3) is 3.60. The molecule has 8 heteroatoms. The fourth-order valence-corrected chi connectivity index (χ4v) is 4.70.